The van der Waals surface area contributed by atoms with Crippen LogP contribution in [0.15, 0.2) is 24.3 Å². The Balaban J connectivity index is 2.35. The Bertz CT molecular complexity index is 407. The summed E-state index contributed by atoms with van der Waals surface area (Å²) in [4.78, 5) is 11.6. The first-order chi connectivity index (χ1) is 9.04. The number of esters is 1. The molecule has 0 radical (unpaired) electrons. The van der Waals surface area contributed by atoms with Gasteiger partial charge in [0.05, 0.1) is 13.0 Å². The third kappa shape index (κ3) is 5.39. The van der Waals surface area contributed by atoms with Crippen LogP contribution < -0.4 is 5.32 Å². The van der Waals surface area contributed by atoms with Gasteiger partial charge in [-0.15, -0.1) is 0 Å². The fourth-order valence-corrected chi connectivity index (χ4v) is 1.93. The predicted molar refractivity (Wildman–Crippen MR) is 73.3 cm³/mol. The fraction of sp³-hybridized carbons (Fsp3) is 0.533. The summed E-state index contributed by atoms with van der Waals surface area (Å²) in [5, 5.41) is 3.23. The van der Waals surface area contributed by atoms with Crippen LogP contribution >= 0.6 is 0 Å². The Kier molecular flexibility index (Phi) is 6.50. The number of methoxy groups -OCH3 is 1. The van der Waals surface area contributed by atoms with E-state index in [4.69, 9.17) is 4.74 Å². The normalized spacial score (nSPS) is 12.5. The second-order valence-corrected chi connectivity index (χ2v) is 4.96. The molecule has 0 amide bonds. The summed E-state index contributed by atoms with van der Waals surface area (Å²) in [6.07, 6.45) is 0.740. The van der Waals surface area contributed by atoms with E-state index in [0.29, 0.717) is 13.1 Å². The van der Waals surface area contributed by atoms with E-state index in [-0.39, 0.29) is 23.6 Å². The number of carbonyl (C=O) groups is 1. The lowest BCUT2D eigenvalue weighted by Gasteiger charge is -2.18. The minimum Gasteiger partial charge on any atom is -0.469 e. The highest BCUT2D eigenvalue weighted by molar-refractivity contribution is 5.72. The molecule has 0 fully saturated rings. The quantitative estimate of drug-likeness (QED) is 0.609. The summed E-state index contributed by atoms with van der Waals surface area (Å²) < 4.78 is 17.8. The van der Waals surface area contributed by atoms with E-state index in [9.17, 15) is 9.18 Å². The van der Waals surface area contributed by atoms with Gasteiger partial charge in [0.1, 0.15) is 5.82 Å². The first kappa shape index (κ1) is 15.6. The molecule has 19 heavy (non-hydrogen) atoms. The van der Waals surface area contributed by atoms with Crippen molar-refractivity contribution in [3.05, 3.63) is 35.6 Å². The van der Waals surface area contributed by atoms with Crippen molar-refractivity contribution in [3.8, 4) is 0 Å². The van der Waals surface area contributed by atoms with Gasteiger partial charge in [-0.05, 0) is 36.6 Å². The summed E-state index contributed by atoms with van der Waals surface area (Å²) in [5.74, 6) is -0.313. The minimum absolute atomic E-state index is 0.141. The largest absolute Gasteiger partial charge is 0.469 e. The van der Waals surface area contributed by atoms with Crippen molar-refractivity contribution >= 4 is 5.97 Å². The maximum atomic E-state index is 13.0. The monoisotopic (exact) mass is 267 g/mol. The van der Waals surface area contributed by atoms with Crippen LogP contribution in [0.25, 0.3) is 0 Å². The van der Waals surface area contributed by atoms with Crippen molar-refractivity contribution in [2.45, 2.75) is 20.3 Å². The number of carbonyl (C=O) groups excluding carboxylic acids is 1. The van der Waals surface area contributed by atoms with E-state index < -0.39 is 0 Å². The maximum absolute atomic E-state index is 13.0. The molecular formula is C15H22FNO2. The van der Waals surface area contributed by atoms with Crippen molar-refractivity contribution in [2.75, 3.05) is 20.2 Å². The van der Waals surface area contributed by atoms with Gasteiger partial charge in [-0.2, -0.15) is 0 Å². The summed E-state index contributed by atoms with van der Waals surface area (Å²) in [5.41, 5.74) is 0.951. The van der Waals surface area contributed by atoms with Gasteiger partial charge in [0.15, 0.2) is 0 Å². The number of rotatable bonds is 7. The molecule has 0 aromatic heterocycles. The van der Waals surface area contributed by atoms with Gasteiger partial charge in [0, 0.05) is 6.54 Å². The van der Waals surface area contributed by atoms with Gasteiger partial charge in [0.2, 0.25) is 0 Å². The molecule has 1 unspecified atom stereocenters. The molecule has 0 aliphatic carbocycles. The van der Waals surface area contributed by atoms with Crippen molar-refractivity contribution < 1.29 is 13.9 Å². The first-order valence-corrected chi connectivity index (χ1v) is 6.57. The molecule has 0 aliphatic rings. The van der Waals surface area contributed by atoms with Gasteiger partial charge in [0.25, 0.3) is 0 Å². The fourth-order valence-electron chi connectivity index (χ4n) is 1.93. The van der Waals surface area contributed by atoms with Crippen LogP contribution in [0.2, 0.25) is 0 Å². The van der Waals surface area contributed by atoms with Crippen LogP contribution in [0.3, 0.4) is 0 Å². The number of benzene rings is 1. The van der Waals surface area contributed by atoms with Crippen LogP contribution in [-0.2, 0) is 16.0 Å². The van der Waals surface area contributed by atoms with E-state index in [2.05, 4.69) is 5.32 Å². The van der Waals surface area contributed by atoms with Crippen LogP contribution in [-0.4, -0.2) is 26.2 Å². The SMILES string of the molecule is COC(=O)C(CNCCc1cccc(F)c1)C(C)C. The predicted octanol–water partition coefficient (Wildman–Crippen LogP) is 2.40. The number of ether oxygens (including phenoxy) is 1. The van der Waals surface area contributed by atoms with Crippen LogP contribution in [0, 0.1) is 17.7 Å². The molecular weight excluding hydrogens is 245 g/mol. The van der Waals surface area contributed by atoms with Gasteiger partial charge >= 0.3 is 5.97 Å². The van der Waals surface area contributed by atoms with Crippen molar-refractivity contribution in [1.82, 2.24) is 5.32 Å². The molecule has 0 bridgehead atoms. The second-order valence-electron chi connectivity index (χ2n) is 4.96. The lowest BCUT2D eigenvalue weighted by atomic mass is 9.96. The third-order valence-electron chi connectivity index (χ3n) is 3.15. The average molecular weight is 267 g/mol. The maximum Gasteiger partial charge on any atom is 0.310 e. The molecule has 0 heterocycles. The molecule has 1 aromatic carbocycles. The van der Waals surface area contributed by atoms with Gasteiger partial charge in [-0.25, -0.2) is 4.39 Å². The molecule has 0 spiro atoms. The van der Waals surface area contributed by atoms with E-state index >= 15 is 0 Å². The molecule has 1 atom stereocenters. The number of hydrogen-bond acceptors (Lipinski definition) is 3. The molecule has 0 saturated carbocycles. The highest BCUT2D eigenvalue weighted by atomic mass is 19.1. The summed E-state index contributed by atoms with van der Waals surface area (Å²) in [6, 6.07) is 6.56. The molecule has 0 saturated heterocycles. The van der Waals surface area contributed by atoms with Crippen LogP contribution in [0.4, 0.5) is 4.39 Å². The van der Waals surface area contributed by atoms with Gasteiger partial charge in [-0.1, -0.05) is 26.0 Å². The zero-order valence-corrected chi connectivity index (χ0v) is 11.8. The first-order valence-electron chi connectivity index (χ1n) is 6.57. The van der Waals surface area contributed by atoms with Crippen LogP contribution in [0.1, 0.15) is 19.4 Å². The smallest absolute Gasteiger partial charge is 0.310 e. The Morgan fingerprint density at radius 1 is 1.42 bits per heavy atom. The summed E-state index contributed by atoms with van der Waals surface area (Å²) in [6.45, 7) is 5.29. The molecule has 106 valence electrons. The standard InChI is InChI=1S/C15H22FNO2/c1-11(2)14(15(18)19-3)10-17-8-7-12-5-4-6-13(16)9-12/h4-6,9,11,14,17H,7-8,10H2,1-3H3. The van der Waals surface area contributed by atoms with Gasteiger partial charge < -0.3 is 10.1 Å². The average Bonchev–Trinajstić information content (AvgIpc) is 2.37. The number of nitrogens with one attached hydrogen (secondary N) is 1. The Labute approximate surface area is 114 Å². The van der Waals surface area contributed by atoms with Crippen LogP contribution in [0.5, 0.6) is 0 Å². The lowest BCUT2D eigenvalue weighted by molar-refractivity contribution is -0.146. The highest BCUT2D eigenvalue weighted by Crippen LogP contribution is 2.11. The van der Waals surface area contributed by atoms with E-state index in [1.807, 2.05) is 19.9 Å². The second kappa shape index (κ2) is 7.89. The molecule has 1 rings (SSSR count). The number of hydrogen-bond donors (Lipinski definition) is 1. The minimum atomic E-state index is -0.216. The van der Waals surface area contributed by atoms with E-state index in [1.54, 1.807) is 6.07 Å². The lowest BCUT2D eigenvalue weighted by Crippen LogP contribution is -2.33. The van der Waals surface area contributed by atoms with E-state index in [0.717, 1.165) is 12.0 Å². The summed E-state index contributed by atoms with van der Waals surface area (Å²) >= 11 is 0. The Morgan fingerprint density at radius 2 is 2.16 bits per heavy atom. The Morgan fingerprint density at radius 3 is 2.74 bits per heavy atom. The molecule has 4 heteroatoms. The molecule has 1 N–H and O–H groups in total. The topological polar surface area (TPSA) is 38.3 Å². The highest BCUT2D eigenvalue weighted by Gasteiger charge is 2.22. The summed E-state index contributed by atoms with van der Waals surface area (Å²) in [7, 11) is 1.41. The van der Waals surface area contributed by atoms with Gasteiger partial charge in [-0.3, -0.25) is 4.79 Å². The number of halogens is 1. The zero-order chi connectivity index (χ0) is 14.3. The zero-order valence-electron chi connectivity index (χ0n) is 11.8. The molecule has 0 aliphatic heterocycles. The van der Waals surface area contributed by atoms with E-state index in [1.165, 1.54) is 19.2 Å². The van der Waals surface area contributed by atoms with Crippen molar-refractivity contribution in [2.24, 2.45) is 11.8 Å². The Hall–Kier alpha value is -1.42. The third-order valence-corrected chi connectivity index (χ3v) is 3.15. The molecule has 3 nitrogen and oxygen atoms in total. The van der Waals surface area contributed by atoms with Crippen molar-refractivity contribution in [1.29, 1.82) is 0 Å². The van der Waals surface area contributed by atoms with Crippen molar-refractivity contribution in [3.63, 3.8) is 0 Å². The molecule has 1 aromatic rings.